The van der Waals surface area contributed by atoms with Crippen LogP contribution in [0.15, 0.2) is 42.6 Å². The van der Waals surface area contributed by atoms with Gasteiger partial charge in [0.25, 0.3) is 0 Å². The lowest BCUT2D eigenvalue weighted by Gasteiger charge is -1.94. The van der Waals surface area contributed by atoms with Crippen LogP contribution >= 0.6 is 0 Å². The molecule has 4 nitrogen and oxygen atoms in total. The SMILES string of the molecule is Oc1ccn2nc(-c3cccc(F)c3)cc2n1. The zero-order valence-corrected chi connectivity index (χ0v) is 8.71. The van der Waals surface area contributed by atoms with Gasteiger partial charge < -0.3 is 5.11 Å². The smallest absolute Gasteiger partial charge is 0.214 e. The Balaban J connectivity index is 2.18. The number of aromatic nitrogens is 3. The van der Waals surface area contributed by atoms with Gasteiger partial charge in [-0.2, -0.15) is 10.1 Å². The maximum Gasteiger partial charge on any atom is 0.214 e. The number of hydrogen-bond donors (Lipinski definition) is 1. The van der Waals surface area contributed by atoms with Crippen LogP contribution in [0.2, 0.25) is 0 Å². The quantitative estimate of drug-likeness (QED) is 0.696. The van der Waals surface area contributed by atoms with Gasteiger partial charge in [0.1, 0.15) is 5.82 Å². The van der Waals surface area contributed by atoms with Gasteiger partial charge in [-0.25, -0.2) is 8.91 Å². The molecule has 1 aromatic carbocycles. The van der Waals surface area contributed by atoms with Crippen molar-refractivity contribution in [3.63, 3.8) is 0 Å². The van der Waals surface area contributed by atoms with Crippen molar-refractivity contribution >= 4 is 5.65 Å². The molecular formula is C12H8FN3O. The first-order valence-electron chi connectivity index (χ1n) is 5.04. The van der Waals surface area contributed by atoms with Crippen molar-refractivity contribution in [1.82, 2.24) is 14.6 Å². The van der Waals surface area contributed by atoms with E-state index in [2.05, 4.69) is 10.1 Å². The van der Waals surface area contributed by atoms with Crippen molar-refractivity contribution < 1.29 is 9.50 Å². The standard InChI is InChI=1S/C12H8FN3O/c13-9-3-1-2-8(6-9)10-7-11-14-12(17)4-5-16(11)15-10/h1-7H,(H,14,17). The Labute approximate surface area is 96.0 Å². The minimum atomic E-state index is -0.310. The van der Waals surface area contributed by atoms with Gasteiger partial charge in [-0.3, -0.25) is 0 Å². The fraction of sp³-hybridized carbons (Fsp3) is 0. The molecule has 0 radical (unpaired) electrons. The molecule has 0 saturated heterocycles. The van der Waals surface area contributed by atoms with Gasteiger partial charge in [-0.15, -0.1) is 0 Å². The molecule has 0 saturated carbocycles. The highest BCUT2D eigenvalue weighted by molar-refractivity contribution is 5.64. The van der Waals surface area contributed by atoms with Crippen LogP contribution in [0.1, 0.15) is 0 Å². The fourth-order valence-corrected chi connectivity index (χ4v) is 1.66. The molecule has 2 aromatic heterocycles. The number of benzene rings is 1. The predicted molar refractivity (Wildman–Crippen MR) is 60.0 cm³/mol. The molecule has 0 amide bonds. The fourth-order valence-electron chi connectivity index (χ4n) is 1.66. The summed E-state index contributed by atoms with van der Waals surface area (Å²) in [6.07, 6.45) is 1.60. The van der Waals surface area contributed by atoms with Gasteiger partial charge in [0.15, 0.2) is 5.65 Å². The Morgan fingerprint density at radius 3 is 2.88 bits per heavy atom. The molecule has 3 rings (SSSR count). The largest absolute Gasteiger partial charge is 0.493 e. The van der Waals surface area contributed by atoms with Gasteiger partial charge in [0, 0.05) is 23.9 Å². The van der Waals surface area contributed by atoms with Crippen LogP contribution in [-0.4, -0.2) is 19.7 Å². The summed E-state index contributed by atoms with van der Waals surface area (Å²) in [4.78, 5) is 3.91. The average Bonchev–Trinajstić information content (AvgIpc) is 2.72. The third-order valence-corrected chi connectivity index (χ3v) is 2.43. The number of rotatable bonds is 1. The molecule has 3 aromatic rings. The molecule has 1 N–H and O–H groups in total. The molecule has 5 heteroatoms. The van der Waals surface area contributed by atoms with E-state index < -0.39 is 0 Å². The van der Waals surface area contributed by atoms with E-state index in [1.807, 2.05) is 0 Å². The van der Waals surface area contributed by atoms with Crippen molar-refractivity contribution in [2.75, 3.05) is 0 Å². The average molecular weight is 229 g/mol. The van der Waals surface area contributed by atoms with Crippen LogP contribution in [0.5, 0.6) is 5.88 Å². The zero-order chi connectivity index (χ0) is 11.8. The minimum Gasteiger partial charge on any atom is -0.493 e. The van der Waals surface area contributed by atoms with Crippen LogP contribution in [-0.2, 0) is 0 Å². The van der Waals surface area contributed by atoms with E-state index in [9.17, 15) is 9.50 Å². The molecule has 0 aliphatic rings. The molecule has 0 atom stereocenters. The molecule has 2 heterocycles. The Hall–Kier alpha value is -2.43. The molecule has 0 bridgehead atoms. The molecule has 17 heavy (non-hydrogen) atoms. The lowest BCUT2D eigenvalue weighted by molar-refractivity contribution is 0.453. The first-order chi connectivity index (χ1) is 8.22. The highest BCUT2D eigenvalue weighted by Crippen LogP contribution is 2.20. The number of fused-ring (bicyclic) bond motifs is 1. The van der Waals surface area contributed by atoms with E-state index in [-0.39, 0.29) is 11.7 Å². The highest BCUT2D eigenvalue weighted by Gasteiger charge is 2.06. The van der Waals surface area contributed by atoms with E-state index in [0.29, 0.717) is 16.9 Å². The van der Waals surface area contributed by atoms with Crippen LogP contribution in [0.25, 0.3) is 16.9 Å². The first-order valence-corrected chi connectivity index (χ1v) is 5.04. The number of aromatic hydroxyl groups is 1. The van der Waals surface area contributed by atoms with Gasteiger partial charge >= 0.3 is 0 Å². The van der Waals surface area contributed by atoms with E-state index in [4.69, 9.17) is 0 Å². The molecule has 0 aliphatic carbocycles. The Bertz CT molecular complexity index is 693. The van der Waals surface area contributed by atoms with Crippen LogP contribution in [0, 0.1) is 5.82 Å². The van der Waals surface area contributed by atoms with Crippen LogP contribution in [0.4, 0.5) is 4.39 Å². The minimum absolute atomic E-state index is 0.0665. The highest BCUT2D eigenvalue weighted by atomic mass is 19.1. The molecular weight excluding hydrogens is 221 g/mol. The van der Waals surface area contributed by atoms with Gasteiger partial charge in [-0.1, -0.05) is 12.1 Å². The summed E-state index contributed by atoms with van der Waals surface area (Å²) >= 11 is 0. The molecule has 0 aliphatic heterocycles. The zero-order valence-electron chi connectivity index (χ0n) is 8.71. The van der Waals surface area contributed by atoms with Gasteiger partial charge in [0.2, 0.25) is 5.88 Å². The second-order valence-corrected chi connectivity index (χ2v) is 3.63. The first kappa shape index (κ1) is 9.77. The number of nitrogens with zero attached hydrogens (tertiary/aromatic N) is 3. The third kappa shape index (κ3) is 1.71. The molecule has 0 fully saturated rings. The molecule has 84 valence electrons. The van der Waals surface area contributed by atoms with Crippen molar-refractivity contribution in [3.8, 4) is 17.1 Å². The van der Waals surface area contributed by atoms with Crippen molar-refractivity contribution in [2.24, 2.45) is 0 Å². The van der Waals surface area contributed by atoms with Crippen molar-refractivity contribution in [3.05, 3.63) is 48.4 Å². The summed E-state index contributed by atoms with van der Waals surface area (Å²) in [5.41, 5.74) is 1.81. The number of halogens is 1. The summed E-state index contributed by atoms with van der Waals surface area (Å²) in [7, 11) is 0. The second kappa shape index (κ2) is 3.55. The summed E-state index contributed by atoms with van der Waals surface area (Å²) in [5, 5.41) is 13.5. The third-order valence-electron chi connectivity index (χ3n) is 2.43. The Morgan fingerprint density at radius 2 is 2.06 bits per heavy atom. The Morgan fingerprint density at radius 1 is 1.18 bits per heavy atom. The summed E-state index contributed by atoms with van der Waals surface area (Å²) in [6.45, 7) is 0. The van der Waals surface area contributed by atoms with E-state index in [0.717, 1.165) is 0 Å². The predicted octanol–water partition coefficient (Wildman–Crippen LogP) is 2.24. The summed E-state index contributed by atoms with van der Waals surface area (Å²) in [5.74, 6) is -0.376. The summed E-state index contributed by atoms with van der Waals surface area (Å²) < 4.78 is 14.6. The Kier molecular flexibility index (Phi) is 2.04. The maximum atomic E-state index is 13.1. The van der Waals surface area contributed by atoms with E-state index >= 15 is 0 Å². The van der Waals surface area contributed by atoms with Crippen molar-refractivity contribution in [1.29, 1.82) is 0 Å². The van der Waals surface area contributed by atoms with Crippen LogP contribution < -0.4 is 0 Å². The lowest BCUT2D eigenvalue weighted by Crippen LogP contribution is -1.88. The lowest BCUT2D eigenvalue weighted by atomic mass is 10.1. The van der Waals surface area contributed by atoms with E-state index in [1.54, 1.807) is 24.4 Å². The van der Waals surface area contributed by atoms with Crippen LogP contribution in [0.3, 0.4) is 0 Å². The molecule has 0 spiro atoms. The van der Waals surface area contributed by atoms with Crippen molar-refractivity contribution in [2.45, 2.75) is 0 Å². The monoisotopic (exact) mass is 229 g/mol. The summed E-state index contributed by atoms with van der Waals surface area (Å²) in [6, 6.07) is 9.30. The number of hydrogen-bond acceptors (Lipinski definition) is 3. The van der Waals surface area contributed by atoms with Gasteiger partial charge in [-0.05, 0) is 12.1 Å². The van der Waals surface area contributed by atoms with E-state index in [1.165, 1.54) is 22.7 Å². The topological polar surface area (TPSA) is 50.4 Å². The normalized spacial score (nSPS) is 10.9. The van der Waals surface area contributed by atoms with Gasteiger partial charge in [0.05, 0.1) is 5.69 Å². The molecule has 0 unspecified atom stereocenters. The maximum absolute atomic E-state index is 13.1. The second-order valence-electron chi connectivity index (χ2n) is 3.63.